The first-order chi connectivity index (χ1) is 13.0. The molecule has 0 aliphatic carbocycles. The van der Waals surface area contributed by atoms with Crippen LogP contribution < -0.4 is 14.8 Å². The van der Waals surface area contributed by atoms with Gasteiger partial charge in [-0.2, -0.15) is 4.98 Å². The van der Waals surface area contributed by atoms with E-state index in [9.17, 15) is 21.6 Å². The van der Waals surface area contributed by atoms with Gasteiger partial charge in [-0.15, -0.1) is 0 Å². The maximum atomic E-state index is 12.7. The Kier molecular flexibility index (Phi) is 5.34. The molecule has 1 aromatic heterocycles. The lowest BCUT2D eigenvalue weighted by Gasteiger charge is -2.11. The third-order valence-corrected chi connectivity index (χ3v) is 8.19. The topological polar surface area (TPSA) is 144 Å². The Hall–Kier alpha value is -2.25. The van der Waals surface area contributed by atoms with Gasteiger partial charge in [0.05, 0.1) is 17.3 Å². The molecule has 3 rings (SSSR count). The minimum Gasteiger partial charge on any atom is -0.481 e. The average Bonchev–Trinajstić information content (AvgIpc) is 2.83. The summed E-state index contributed by atoms with van der Waals surface area (Å²) in [5, 5.41) is 1.43. The van der Waals surface area contributed by atoms with E-state index < -0.39 is 36.0 Å². The van der Waals surface area contributed by atoms with Gasteiger partial charge in [-0.05, 0) is 40.9 Å². The molecule has 0 saturated heterocycles. The summed E-state index contributed by atoms with van der Waals surface area (Å²) in [6.07, 6.45) is 0.207. The highest BCUT2D eigenvalue weighted by molar-refractivity contribution is 9.10. The van der Waals surface area contributed by atoms with E-state index in [1.807, 2.05) is 0 Å². The van der Waals surface area contributed by atoms with Gasteiger partial charge in [0, 0.05) is 6.07 Å². The van der Waals surface area contributed by atoms with Crippen LogP contribution in [-0.2, 0) is 26.3 Å². The number of urea groups is 1. The summed E-state index contributed by atoms with van der Waals surface area (Å²) < 4.78 is 57.4. The van der Waals surface area contributed by atoms with Crippen molar-refractivity contribution in [2.24, 2.45) is 0 Å². The van der Waals surface area contributed by atoms with Crippen molar-refractivity contribution in [3.63, 3.8) is 0 Å². The van der Waals surface area contributed by atoms with Gasteiger partial charge in [-0.1, -0.05) is 12.1 Å². The molecular weight excluding hydrogens is 476 g/mol. The lowest BCUT2D eigenvalue weighted by molar-refractivity contribution is 0.256. The number of methoxy groups -OCH3 is 1. The number of aromatic nitrogens is 2. The van der Waals surface area contributed by atoms with Gasteiger partial charge in [0.15, 0.2) is 9.84 Å². The van der Waals surface area contributed by atoms with Crippen molar-refractivity contribution in [3.05, 3.63) is 34.4 Å². The maximum Gasteiger partial charge on any atom is 0.335 e. The second-order valence-electron chi connectivity index (χ2n) is 5.92. The van der Waals surface area contributed by atoms with Crippen molar-refractivity contribution < 1.29 is 26.4 Å². The molecule has 0 spiro atoms. The van der Waals surface area contributed by atoms with Gasteiger partial charge < -0.3 is 4.74 Å². The van der Waals surface area contributed by atoms with Crippen molar-refractivity contribution in [1.82, 2.24) is 14.7 Å². The molecule has 1 atom stereocenters. The summed E-state index contributed by atoms with van der Waals surface area (Å²) in [4.78, 5) is 19.1. The second kappa shape index (κ2) is 7.29. The summed E-state index contributed by atoms with van der Waals surface area (Å²) >= 11 is 3.11. The molecule has 2 aromatic rings. The van der Waals surface area contributed by atoms with Crippen LogP contribution in [0.5, 0.6) is 5.88 Å². The number of rotatable bonds is 4. The van der Waals surface area contributed by atoms with Crippen molar-refractivity contribution in [1.29, 1.82) is 0 Å². The molecule has 28 heavy (non-hydrogen) atoms. The Morgan fingerprint density at radius 1 is 1.32 bits per heavy atom. The number of nitrogens with one attached hydrogen (secondary N) is 2. The van der Waals surface area contributed by atoms with Crippen molar-refractivity contribution in [3.8, 4) is 5.88 Å². The van der Waals surface area contributed by atoms with Crippen LogP contribution in [0.4, 0.5) is 10.7 Å². The number of anilines is 1. The Bertz CT molecular complexity index is 1170. The summed E-state index contributed by atoms with van der Waals surface area (Å²) in [7, 11) is -6.91. The van der Waals surface area contributed by atoms with E-state index >= 15 is 0 Å². The predicted molar refractivity (Wildman–Crippen MR) is 102 cm³/mol. The number of carbonyl (C=O) groups is 1. The summed E-state index contributed by atoms with van der Waals surface area (Å²) in [6, 6.07) is 4.42. The maximum absolute atomic E-state index is 12.7. The van der Waals surface area contributed by atoms with E-state index in [0.717, 1.165) is 6.07 Å². The standard InChI is InChI=1S/C15H15BrN4O6S2/c1-8-6-9-4-3-5-10(13(9)27(8,22)23)28(24,25)20-15(21)19-14-17-11(16)7-12(18-14)26-2/h3-5,7-8H,6H2,1-2H3,(H2,17,18,19,20,21). The van der Waals surface area contributed by atoms with Crippen LogP contribution in [0.2, 0.25) is 0 Å². The number of ether oxygens (including phenoxy) is 1. The second-order valence-corrected chi connectivity index (χ2v) is 10.7. The lowest BCUT2D eigenvalue weighted by atomic mass is 10.1. The first-order valence-corrected chi connectivity index (χ1v) is 11.6. The first-order valence-electron chi connectivity index (χ1n) is 7.83. The number of sulfone groups is 1. The highest BCUT2D eigenvalue weighted by Crippen LogP contribution is 2.35. The number of sulfonamides is 1. The molecule has 2 N–H and O–H groups in total. The Balaban J connectivity index is 1.89. The van der Waals surface area contributed by atoms with E-state index in [-0.39, 0.29) is 23.1 Å². The molecule has 1 aliphatic rings. The van der Waals surface area contributed by atoms with E-state index in [0.29, 0.717) is 10.2 Å². The SMILES string of the molecule is COc1cc(Br)nc(NC(=O)NS(=O)(=O)c2cccc3c2S(=O)(=O)C(C)C3)n1. The number of carbonyl (C=O) groups excluding carboxylic acids is 1. The fraction of sp³-hybridized carbons (Fsp3) is 0.267. The third-order valence-electron chi connectivity index (χ3n) is 4.00. The Morgan fingerprint density at radius 2 is 2.04 bits per heavy atom. The highest BCUT2D eigenvalue weighted by Gasteiger charge is 2.39. The van der Waals surface area contributed by atoms with Crippen molar-refractivity contribution >= 4 is 47.8 Å². The number of fused-ring (bicyclic) bond motifs is 1. The molecule has 0 radical (unpaired) electrons. The number of hydrogen-bond donors (Lipinski definition) is 2. The summed E-state index contributed by atoms with van der Waals surface area (Å²) in [5.41, 5.74) is 0.399. The van der Waals surface area contributed by atoms with E-state index in [2.05, 4.69) is 31.2 Å². The van der Waals surface area contributed by atoms with Crippen molar-refractivity contribution in [2.45, 2.75) is 28.4 Å². The predicted octanol–water partition coefficient (Wildman–Crippen LogP) is 1.48. The fourth-order valence-corrected chi connectivity index (χ4v) is 6.48. The molecule has 150 valence electrons. The zero-order valence-corrected chi connectivity index (χ0v) is 17.9. The van der Waals surface area contributed by atoms with Gasteiger partial charge in [-0.3, -0.25) is 5.32 Å². The minimum absolute atomic E-state index is 0.140. The van der Waals surface area contributed by atoms with Gasteiger partial charge in [0.1, 0.15) is 9.50 Å². The lowest BCUT2D eigenvalue weighted by Crippen LogP contribution is -2.35. The van der Waals surface area contributed by atoms with E-state index in [4.69, 9.17) is 4.74 Å². The number of amides is 2. The van der Waals surface area contributed by atoms with Crippen LogP contribution in [0.3, 0.4) is 0 Å². The highest BCUT2D eigenvalue weighted by atomic mass is 79.9. The molecule has 2 amide bonds. The van der Waals surface area contributed by atoms with Crippen molar-refractivity contribution in [2.75, 3.05) is 12.4 Å². The van der Waals surface area contributed by atoms with Crippen LogP contribution in [0, 0.1) is 0 Å². The van der Waals surface area contributed by atoms with Crippen LogP contribution in [-0.4, -0.2) is 45.2 Å². The van der Waals surface area contributed by atoms with Gasteiger partial charge in [-0.25, -0.2) is 31.3 Å². The monoisotopic (exact) mass is 490 g/mol. The first kappa shape index (κ1) is 20.5. The largest absolute Gasteiger partial charge is 0.481 e. The fourth-order valence-electron chi connectivity index (χ4n) is 2.74. The molecule has 0 bridgehead atoms. The van der Waals surface area contributed by atoms with Crippen LogP contribution >= 0.6 is 15.9 Å². The molecule has 2 heterocycles. The van der Waals surface area contributed by atoms with Crippen LogP contribution in [0.1, 0.15) is 12.5 Å². The molecule has 13 heteroatoms. The van der Waals surface area contributed by atoms with Gasteiger partial charge in [0.2, 0.25) is 11.8 Å². The Labute approximate surface area is 169 Å². The molecule has 1 aliphatic heterocycles. The molecule has 10 nitrogen and oxygen atoms in total. The Morgan fingerprint density at radius 3 is 2.71 bits per heavy atom. The van der Waals surface area contributed by atoms with Gasteiger partial charge in [0.25, 0.3) is 10.0 Å². The number of benzene rings is 1. The van der Waals surface area contributed by atoms with E-state index in [1.54, 1.807) is 10.8 Å². The number of halogens is 1. The summed E-state index contributed by atoms with van der Waals surface area (Å²) in [6.45, 7) is 1.50. The zero-order chi connectivity index (χ0) is 20.7. The van der Waals surface area contributed by atoms with Gasteiger partial charge >= 0.3 is 6.03 Å². The minimum atomic E-state index is -4.46. The molecule has 1 aromatic carbocycles. The van der Waals surface area contributed by atoms with Crippen LogP contribution in [0.15, 0.2) is 38.7 Å². The molecule has 1 unspecified atom stereocenters. The smallest absolute Gasteiger partial charge is 0.335 e. The third kappa shape index (κ3) is 3.82. The summed E-state index contributed by atoms with van der Waals surface area (Å²) in [5.74, 6) is -0.0700. The zero-order valence-electron chi connectivity index (χ0n) is 14.6. The number of nitrogens with zero attached hydrogens (tertiary/aromatic N) is 2. The van der Waals surface area contributed by atoms with Crippen LogP contribution in [0.25, 0.3) is 0 Å². The quantitative estimate of drug-likeness (QED) is 0.612. The normalized spacial score (nSPS) is 17.6. The molecule has 0 saturated carbocycles. The molecular formula is C15H15BrN4O6S2. The van der Waals surface area contributed by atoms with E-state index in [1.165, 1.54) is 26.2 Å². The number of hydrogen-bond acceptors (Lipinski definition) is 8. The average molecular weight is 491 g/mol. The molecule has 0 fully saturated rings.